The number of aryl methyl sites for hydroxylation is 1. The fourth-order valence-corrected chi connectivity index (χ4v) is 5.47. The van der Waals surface area contributed by atoms with Gasteiger partial charge >= 0.3 is 0 Å². The first-order valence-electron chi connectivity index (χ1n) is 9.76. The molecule has 3 aromatic rings. The maximum Gasteiger partial charge on any atom is 0.291 e. The number of likely N-dealkylation sites (tertiary alicyclic amines) is 1. The summed E-state index contributed by atoms with van der Waals surface area (Å²) < 4.78 is 4.36. The van der Waals surface area contributed by atoms with Gasteiger partial charge in [0, 0.05) is 29.9 Å². The highest BCUT2D eigenvalue weighted by molar-refractivity contribution is 7.20. The van der Waals surface area contributed by atoms with E-state index in [1.165, 1.54) is 9.56 Å². The molecule has 1 aliphatic heterocycles. The van der Waals surface area contributed by atoms with Gasteiger partial charge in [-0.15, -0.1) is 17.9 Å². The van der Waals surface area contributed by atoms with E-state index in [1.54, 1.807) is 23.6 Å². The SMILES string of the molecule is C=CCn1c2cc(C)sc2c2cnn(CC(=O)N3C[C@@H](C)C[C@H](C)C3)c(=O)c21. The van der Waals surface area contributed by atoms with E-state index in [4.69, 9.17) is 0 Å². The van der Waals surface area contributed by atoms with E-state index in [0.29, 0.717) is 23.9 Å². The zero-order valence-electron chi connectivity index (χ0n) is 16.6. The van der Waals surface area contributed by atoms with Crippen LogP contribution in [0.15, 0.2) is 29.7 Å². The number of carbonyl (C=O) groups excluding carboxylic acids is 1. The molecule has 2 atom stereocenters. The highest BCUT2D eigenvalue weighted by Gasteiger charge is 2.26. The van der Waals surface area contributed by atoms with Gasteiger partial charge in [-0.3, -0.25) is 9.59 Å². The Labute approximate surface area is 168 Å². The van der Waals surface area contributed by atoms with E-state index < -0.39 is 0 Å². The second-order valence-corrected chi connectivity index (χ2v) is 9.34. The van der Waals surface area contributed by atoms with Crippen LogP contribution in [0.3, 0.4) is 0 Å². The fourth-order valence-electron chi connectivity index (χ4n) is 4.45. The number of hydrogen-bond acceptors (Lipinski definition) is 4. The van der Waals surface area contributed by atoms with E-state index in [0.717, 1.165) is 35.1 Å². The monoisotopic (exact) mass is 398 g/mol. The van der Waals surface area contributed by atoms with Crippen LogP contribution in [-0.4, -0.2) is 38.2 Å². The van der Waals surface area contributed by atoms with Crippen molar-refractivity contribution in [1.82, 2.24) is 19.2 Å². The lowest BCUT2D eigenvalue weighted by Gasteiger charge is -2.35. The summed E-state index contributed by atoms with van der Waals surface area (Å²) in [5, 5.41) is 5.19. The predicted octanol–water partition coefficient (Wildman–Crippen LogP) is 3.41. The number of nitrogens with zero attached hydrogens (tertiary/aromatic N) is 4. The molecule has 1 aliphatic rings. The smallest absolute Gasteiger partial charge is 0.291 e. The first-order valence-corrected chi connectivity index (χ1v) is 10.6. The molecule has 4 rings (SSSR count). The third-order valence-electron chi connectivity index (χ3n) is 5.48. The van der Waals surface area contributed by atoms with E-state index in [2.05, 4.69) is 38.5 Å². The van der Waals surface area contributed by atoms with Gasteiger partial charge in [0.2, 0.25) is 5.91 Å². The Morgan fingerprint density at radius 1 is 1.36 bits per heavy atom. The average molecular weight is 399 g/mol. The van der Waals surface area contributed by atoms with E-state index in [-0.39, 0.29) is 18.0 Å². The third-order valence-corrected chi connectivity index (χ3v) is 6.55. The van der Waals surface area contributed by atoms with Crippen molar-refractivity contribution in [2.45, 2.75) is 40.3 Å². The van der Waals surface area contributed by atoms with Crippen molar-refractivity contribution in [3.8, 4) is 0 Å². The van der Waals surface area contributed by atoms with Crippen LogP contribution >= 0.6 is 11.3 Å². The largest absolute Gasteiger partial charge is 0.341 e. The molecule has 6 nitrogen and oxygen atoms in total. The van der Waals surface area contributed by atoms with Crippen LogP contribution in [0.25, 0.3) is 21.1 Å². The molecule has 0 radical (unpaired) electrons. The van der Waals surface area contributed by atoms with Gasteiger partial charge in [0.25, 0.3) is 5.56 Å². The van der Waals surface area contributed by atoms with Gasteiger partial charge in [-0.1, -0.05) is 19.9 Å². The molecule has 0 unspecified atom stereocenters. The van der Waals surface area contributed by atoms with Crippen LogP contribution in [0.1, 0.15) is 25.1 Å². The van der Waals surface area contributed by atoms with Crippen LogP contribution in [-0.2, 0) is 17.9 Å². The molecule has 148 valence electrons. The van der Waals surface area contributed by atoms with Gasteiger partial charge in [-0.05, 0) is 31.2 Å². The fraction of sp³-hybridized carbons (Fsp3) is 0.476. The normalized spacial score (nSPS) is 20.2. The summed E-state index contributed by atoms with van der Waals surface area (Å²) in [4.78, 5) is 29.1. The highest BCUT2D eigenvalue weighted by atomic mass is 32.1. The number of amides is 1. The van der Waals surface area contributed by atoms with Crippen LogP contribution in [0.2, 0.25) is 0 Å². The zero-order valence-corrected chi connectivity index (χ0v) is 17.5. The molecular weight excluding hydrogens is 372 g/mol. The molecule has 3 aromatic heterocycles. The topological polar surface area (TPSA) is 60.1 Å². The first kappa shape index (κ1) is 18.9. The molecule has 7 heteroatoms. The number of piperidine rings is 1. The van der Waals surface area contributed by atoms with Gasteiger partial charge < -0.3 is 9.47 Å². The lowest BCUT2D eigenvalue weighted by Crippen LogP contribution is -2.45. The Kier molecular flexibility index (Phi) is 4.87. The number of rotatable bonds is 4. The van der Waals surface area contributed by atoms with Crippen molar-refractivity contribution < 1.29 is 4.79 Å². The molecule has 0 saturated carbocycles. The van der Waals surface area contributed by atoms with E-state index in [9.17, 15) is 9.59 Å². The minimum Gasteiger partial charge on any atom is -0.341 e. The van der Waals surface area contributed by atoms with Gasteiger partial charge in [0.05, 0.1) is 16.4 Å². The predicted molar refractivity (Wildman–Crippen MR) is 114 cm³/mol. The molecular formula is C21H26N4O2S. The minimum absolute atomic E-state index is 0.0137. The number of allylic oxidation sites excluding steroid dienone is 1. The van der Waals surface area contributed by atoms with Crippen molar-refractivity contribution in [2.24, 2.45) is 11.8 Å². The summed E-state index contributed by atoms with van der Waals surface area (Å²) >= 11 is 1.66. The summed E-state index contributed by atoms with van der Waals surface area (Å²) in [6.07, 6.45) is 4.65. The van der Waals surface area contributed by atoms with Gasteiger partial charge in [-0.25, -0.2) is 4.68 Å². The molecule has 4 heterocycles. The summed E-state index contributed by atoms with van der Waals surface area (Å²) in [5.41, 5.74) is 1.41. The molecule has 1 saturated heterocycles. The van der Waals surface area contributed by atoms with Crippen LogP contribution < -0.4 is 5.56 Å². The molecule has 0 bridgehead atoms. The Hall–Kier alpha value is -2.41. The van der Waals surface area contributed by atoms with Crippen molar-refractivity contribution in [3.05, 3.63) is 40.1 Å². The Bertz CT molecular complexity index is 1110. The molecule has 0 spiro atoms. The van der Waals surface area contributed by atoms with Gasteiger partial charge in [-0.2, -0.15) is 5.10 Å². The molecule has 1 fully saturated rings. The maximum atomic E-state index is 13.2. The molecule has 0 N–H and O–H groups in total. The lowest BCUT2D eigenvalue weighted by molar-refractivity contribution is -0.134. The maximum absolute atomic E-state index is 13.2. The number of carbonyl (C=O) groups is 1. The number of fused-ring (bicyclic) bond motifs is 3. The molecule has 0 aliphatic carbocycles. The molecule has 28 heavy (non-hydrogen) atoms. The lowest BCUT2D eigenvalue weighted by atomic mass is 9.92. The Balaban J connectivity index is 1.73. The Morgan fingerprint density at radius 3 is 2.75 bits per heavy atom. The second-order valence-electron chi connectivity index (χ2n) is 8.09. The van der Waals surface area contributed by atoms with Crippen LogP contribution in [0.5, 0.6) is 0 Å². The first-order chi connectivity index (χ1) is 13.4. The summed E-state index contributed by atoms with van der Waals surface area (Å²) in [6, 6.07) is 2.09. The zero-order chi connectivity index (χ0) is 20.0. The van der Waals surface area contributed by atoms with E-state index >= 15 is 0 Å². The van der Waals surface area contributed by atoms with Gasteiger partial charge in [0.1, 0.15) is 12.1 Å². The van der Waals surface area contributed by atoms with Crippen molar-refractivity contribution in [2.75, 3.05) is 13.1 Å². The highest BCUT2D eigenvalue weighted by Crippen LogP contribution is 2.33. The van der Waals surface area contributed by atoms with Crippen molar-refractivity contribution in [1.29, 1.82) is 0 Å². The quantitative estimate of drug-likeness (QED) is 0.633. The number of thiophene rings is 1. The van der Waals surface area contributed by atoms with Crippen molar-refractivity contribution in [3.63, 3.8) is 0 Å². The second kappa shape index (κ2) is 7.20. The Morgan fingerprint density at radius 2 is 2.07 bits per heavy atom. The van der Waals surface area contributed by atoms with Crippen molar-refractivity contribution >= 4 is 38.4 Å². The number of aromatic nitrogens is 3. The standard InChI is InChI=1S/C21H26N4O2S/c1-5-6-24-17-8-15(4)28-20(17)16-9-22-25(21(27)19(16)24)12-18(26)23-10-13(2)7-14(3)11-23/h5,8-9,13-14H,1,6-7,10-12H2,2-4H3/t13-,14-/m0/s1. The summed E-state index contributed by atoms with van der Waals surface area (Å²) in [5.74, 6) is 0.936. The summed E-state index contributed by atoms with van der Waals surface area (Å²) in [7, 11) is 0. The van der Waals surface area contributed by atoms with Gasteiger partial charge in [0.15, 0.2) is 0 Å². The van der Waals surface area contributed by atoms with Crippen LogP contribution in [0, 0.1) is 18.8 Å². The minimum atomic E-state index is -0.216. The summed E-state index contributed by atoms with van der Waals surface area (Å²) in [6.45, 7) is 12.3. The van der Waals surface area contributed by atoms with E-state index in [1.807, 2.05) is 9.47 Å². The average Bonchev–Trinajstić information content (AvgIpc) is 3.13. The third kappa shape index (κ3) is 3.17. The molecule has 0 aromatic carbocycles. The molecule has 1 amide bonds. The van der Waals surface area contributed by atoms with Crippen LogP contribution in [0.4, 0.5) is 0 Å². The number of hydrogen-bond donors (Lipinski definition) is 0.